The van der Waals surface area contributed by atoms with E-state index in [0.717, 1.165) is 27.9 Å². The summed E-state index contributed by atoms with van der Waals surface area (Å²) in [5.41, 5.74) is 2.77. The van der Waals surface area contributed by atoms with Gasteiger partial charge < -0.3 is 9.67 Å². The summed E-state index contributed by atoms with van der Waals surface area (Å²) in [5, 5.41) is 14.3. The van der Waals surface area contributed by atoms with Gasteiger partial charge in [0, 0.05) is 17.8 Å². The molecule has 4 aromatic heterocycles. The highest BCUT2D eigenvalue weighted by molar-refractivity contribution is 7.09. The van der Waals surface area contributed by atoms with E-state index < -0.39 is 0 Å². The van der Waals surface area contributed by atoms with Crippen LogP contribution in [-0.4, -0.2) is 40.7 Å². The molecule has 0 atom stereocenters. The third-order valence-corrected chi connectivity index (χ3v) is 4.07. The van der Waals surface area contributed by atoms with Crippen molar-refractivity contribution in [3.63, 3.8) is 0 Å². The molecule has 0 aromatic carbocycles. The minimum atomic E-state index is -0.250. The summed E-state index contributed by atoms with van der Waals surface area (Å²) < 4.78 is 3.87. The van der Waals surface area contributed by atoms with Gasteiger partial charge in [-0.25, -0.2) is 19.5 Å². The number of aromatic nitrogens is 6. The average Bonchev–Trinajstić information content (AvgIpc) is 3.29. The molecule has 0 aliphatic heterocycles. The van der Waals surface area contributed by atoms with E-state index in [1.54, 1.807) is 28.4 Å². The number of thiazole rings is 1. The van der Waals surface area contributed by atoms with Crippen LogP contribution in [0, 0.1) is 6.92 Å². The predicted molar refractivity (Wildman–Crippen MR) is 88.9 cm³/mol. The fraction of sp³-hybridized carbons (Fsp3) is 0.133. The molecule has 1 N–H and O–H groups in total. The first kappa shape index (κ1) is 15.8. The van der Waals surface area contributed by atoms with E-state index in [4.69, 9.17) is 9.90 Å². The molecule has 0 radical (unpaired) electrons. The zero-order valence-electron chi connectivity index (χ0n) is 12.8. The number of carboxylic acid groups (broad SMARTS) is 1. The maximum absolute atomic E-state index is 8.36. The second-order valence-corrected chi connectivity index (χ2v) is 5.85. The van der Waals surface area contributed by atoms with E-state index in [2.05, 4.69) is 30.0 Å². The summed E-state index contributed by atoms with van der Waals surface area (Å²) in [6.07, 6.45) is 5.31. The Bertz CT molecular complexity index is 958. The number of aryl methyl sites for hydroxylation is 1. The van der Waals surface area contributed by atoms with Crippen molar-refractivity contribution in [2.75, 3.05) is 0 Å². The normalized spacial score (nSPS) is 10.4. The van der Waals surface area contributed by atoms with Crippen LogP contribution in [0.5, 0.6) is 0 Å². The standard InChI is InChI=1S/C14H12N6S.CH2O2/c1-10-18-11(8-21-10)7-19-6-5-15-14(19)12-3-2-4-13-16-9-17-20(12)13;2-1-3/h2-6,8-9H,7H2,1H3;1H,(H,2,3). The molecule has 0 amide bonds. The summed E-state index contributed by atoms with van der Waals surface area (Å²) >= 11 is 1.66. The second kappa shape index (κ2) is 7.01. The number of imidazole rings is 1. The van der Waals surface area contributed by atoms with E-state index in [1.165, 1.54) is 0 Å². The Balaban J connectivity index is 0.000000526. The summed E-state index contributed by atoms with van der Waals surface area (Å²) in [6.45, 7) is 2.46. The quantitative estimate of drug-likeness (QED) is 0.573. The summed E-state index contributed by atoms with van der Waals surface area (Å²) in [6, 6.07) is 5.88. The number of hydrogen-bond acceptors (Lipinski definition) is 6. The van der Waals surface area contributed by atoms with Crippen LogP contribution in [0.15, 0.2) is 42.3 Å². The predicted octanol–water partition coefficient (Wildman–Crippen LogP) is 2.11. The van der Waals surface area contributed by atoms with Gasteiger partial charge in [0.2, 0.25) is 0 Å². The fourth-order valence-electron chi connectivity index (χ4n) is 2.34. The number of hydrogen-bond donors (Lipinski definition) is 1. The molecule has 0 saturated carbocycles. The Labute approximate surface area is 141 Å². The number of pyridine rings is 1. The van der Waals surface area contributed by atoms with Crippen LogP contribution in [0.2, 0.25) is 0 Å². The lowest BCUT2D eigenvalue weighted by atomic mass is 10.3. The maximum Gasteiger partial charge on any atom is 0.290 e. The van der Waals surface area contributed by atoms with Gasteiger partial charge in [-0.05, 0) is 19.1 Å². The van der Waals surface area contributed by atoms with Crippen molar-refractivity contribution in [1.82, 2.24) is 29.1 Å². The van der Waals surface area contributed by atoms with Gasteiger partial charge in [0.15, 0.2) is 11.5 Å². The molecular weight excluding hydrogens is 328 g/mol. The lowest BCUT2D eigenvalue weighted by molar-refractivity contribution is -0.122. The van der Waals surface area contributed by atoms with Crippen molar-refractivity contribution >= 4 is 23.5 Å². The van der Waals surface area contributed by atoms with Crippen LogP contribution in [0.4, 0.5) is 0 Å². The largest absolute Gasteiger partial charge is 0.483 e. The molecule has 0 saturated heterocycles. The van der Waals surface area contributed by atoms with E-state index in [0.29, 0.717) is 6.54 Å². The van der Waals surface area contributed by atoms with Crippen LogP contribution in [-0.2, 0) is 11.3 Å². The van der Waals surface area contributed by atoms with Gasteiger partial charge in [-0.2, -0.15) is 5.10 Å². The first-order valence-corrected chi connectivity index (χ1v) is 7.90. The van der Waals surface area contributed by atoms with E-state index in [9.17, 15) is 0 Å². The Kier molecular flexibility index (Phi) is 4.62. The van der Waals surface area contributed by atoms with Gasteiger partial charge >= 0.3 is 0 Å². The highest BCUT2D eigenvalue weighted by atomic mass is 32.1. The lowest BCUT2D eigenvalue weighted by Crippen LogP contribution is -2.04. The highest BCUT2D eigenvalue weighted by Crippen LogP contribution is 2.19. The molecule has 0 unspecified atom stereocenters. The van der Waals surface area contributed by atoms with Crippen molar-refractivity contribution in [3.05, 3.63) is 53.0 Å². The average molecular weight is 342 g/mol. The van der Waals surface area contributed by atoms with Crippen molar-refractivity contribution in [3.8, 4) is 11.5 Å². The molecule has 0 bridgehead atoms. The van der Waals surface area contributed by atoms with Crippen molar-refractivity contribution in [1.29, 1.82) is 0 Å². The zero-order chi connectivity index (χ0) is 16.9. The van der Waals surface area contributed by atoms with Gasteiger partial charge in [-0.3, -0.25) is 4.79 Å². The second-order valence-electron chi connectivity index (χ2n) is 4.78. The summed E-state index contributed by atoms with van der Waals surface area (Å²) in [7, 11) is 0. The smallest absolute Gasteiger partial charge is 0.290 e. The zero-order valence-corrected chi connectivity index (χ0v) is 13.6. The molecule has 0 fully saturated rings. The molecular formula is C15H14N6O2S. The minimum absolute atomic E-state index is 0.250. The Morgan fingerprint density at radius 2 is 2.17 bits per heavy atom. The van der Waals surface area contributed by atoms with E-state index >= 15 is 0 Å². The van der Waals surface area contributed by atoms with Gasteiger partial charge in [-0.1, -0.05) is 6.07 Å². The van der Waals surface area contributed by atoms with Crippen molar-refractivity contribution < 1.29 is 9.90 Å². The van der Waals surface area contributed by atoms with Crippen molar-refractivity contribution in [2.24, 2.45) is 0 Å². The molecule has 24 heavy (non-hydrogen) atoms. The van der Waals surface area contributed by atoms with Gasteiger partial charge in [-0.15, -0.1) is 11.3 Å². The lowest BCUT2D eigenvalue weighted by Gasteiger charge is -2.07. The minimum Gasteiger partial charge on any atom is -0.483 e. The number of nitrogens with zero attached hydrogens (tertiary/aromatic N) is 6. The summed E-state index contributed by atoms with van der Waals surface area (Å²) in [5.74, 6) is 0.858. The first-order chi connectivity index (χ1) is 11.7. The fourth-order valence-corrected chi connectivity index (χ4v) is 2.94. The maximum atomic E-state index is 8.36. The SMILES string of the molecule is Cc1nc(Cn2ccnc2-c2cccc3ncnn23)cs1.O=CO. The number of fused-ring (bicyclic) bond motifs is 1. The summed E-state index contributed by atoms with van der Waals surface area (Å²) in [4.78, 5) is 21.5. The van der Waals surface area contributed by atoms with Crippen LogP contribution in [0.25, 0.3) is 17.2 Å². The van der Waals surface area contributed by atoms with E-state index in [-0.39, 0.29) is 6.47 Å². The van der Waals surface area contributed by atoms with Crippen molar-refractivity contribution in [2.45, 2.75) is 13.5 Å². The molecule has 4 aromatic rings. The topological polar surface area (TPSA) is 98.2 Å². The number of rotatable bonds is 3. The molecule has 0 aliphatic rings. The van der Waals surface area contributed by atoms with Gasteiger partial charge in [0.1, 0.15) is 12.0 Å². The van der Waals surface area contributed by atoms with E-state index in [1.807, 2.05) is 31.3 Å². The molecule has 9 heteroatoms. The van der Waals surface area contributed by atoms with Crippen LogP contribution in [0.1, 0.15) is 10.7 Å². The van der Waals surface area contributed by atoms with Crippen LogP contribution < -0.4 is 0 Å². The third-order valence-electron chi connectivity index (χ3n) is 3.25. The molecule has 0 spiro atoms. The molecule has 122 valence electrons. The van der Waals surface area contributed by atoms with Crippen LogP contribution >= 0.6 is 11.3 Å². The number of carbonyl (C=O) groups is 1. The Morgan fingerprint density at radius 1 is 1.33 bits per heavy atom. The monoisotopic (exact) mass is 342 g/mol. The third kappa shape index (κ3) is 3.15. The first-order valence-electron chi connectivity index (χ1n) is 7.02. The van der Waals surface area contributed by atoms with Gasteiger partial charge in [0.05, 0.1) is 17.2 Å². The Morgan fingerprint density at radius 3 is 2.92 bits per heavy atom. The van der Waals surface area contributed by atoms with Crippen LogP contribution in [0.3, 0.4) is 0 Å². The molecule has 4 heterocycles. The van der Waals surface area contributed by atoms with Gasteiger partial charge in [0.25, 0.3) is 6.47 Å². The Hall–Kier alpha value is -3.07. The highest BCUT2D eigenvalue weighted by Gasteiger charge is 2.12. The molecule has 0 aliphatic carbocycles. The molecule has 4 rings (SSSR count). The molecule has 8 nitrogen and oxygen atoms in total.